The zero-order valence-corrected chi connectivity index (χ0v) is 16.4. The molecule has 1 aliphatic heterocycles. The Bertz CT molecular complexity index is 510. The largest absolute Gasteiger partial charge is 0.392 e. The summed E-state index contributed by atoms with van der Waals surface area (Å²) in [5.41, 5.74) is -0.519. The highest BCUT2D eigenvalue weighted by Crippen LogP contribution is 2.31. The summed E-state index contributed by atoms with van der Waals surface area (Å²) < 4.78 is 5.94. The normalized spacial score (nSPS) is 27.7. The first-order chi connectivity index (χ1) is 12.1. The first-order valence-electron chi connectivity index (χ1n) is 9.30. The van der Waals surface area contributed by atoms with Crippen molar-refractivity contribution in [2.75, 3.05) is 13.2 Å². The fourth-order valence-corrected chi connectivity index (χ4v) is 2.96. The molecule has 1 fully saturated rings. The van der Waals surface area contributed by atoms with Gasteiger partial charge in [-0.25, -0.2) is 4.89 Å². The number of rotatable bonds is 9. The number of carbonyl (C=O) groups excluding carboxylic acids is 1. The van der Waals surface area contributed by atoms with Gasteiger partial charge in [0.2, 0.25) is 0 Å². The Hall–Kier alpha value is -1.05. The second-order valence-corrected chi connectivity index (χ2v) is 7.92. The molecular formula is C20H34O6. The van der Waals surface area contributed by atoms with E-state index in [1.807, 2.05) is 13.8 Å². The van der Waals surface area contributed by atoms with Crippen LogP contribution in [0.1, 0.15) is 59.8 Å². The van der Waals surface area contributed by atoms with Gasteiger partial charge in [-0.2, -0.15) is 0 Å². The molecule has 0 aliphatic carbocycles. The molecule has 26 heavy (non-hydrogen) atoms. The molecule has 3 atom stereocenters. The lowest BCUT2D eigenvalue weighted by Gasteiger charge is -2.33. The highest BCUT2D eigenvalue weighted by Gasteiger charge is 2.36. The number of aliphatic hydroxyl groups excluding tert-OH is 2. The van der Waals surface area contributed by atoms with Crippen molar-refractivity contribution < 1.29 is 29.9 Å². The molecular weight excluding hydrogens is 336 g/mol. The average Bonchev–Trinajstić information content (AvgIpc) is 2.74. The molecule has 1 aliphatic rings. The highest BCUT2D eigenvalue weighted by molar-refractivity contribution is 5.91. The van der Waals surface area contributed by atoms with Crippen molar-refractivity contribution >= 4 is 5.78 Å². The van der Waals surface area contributed by atoms with Crippen molar-refractivity contribution in [2.24, 2.45) is 5.92 Å². The van der Waals surface area contributed by atoms with E-state index in [1.165, 1.54) is 6.08 Å². The molecule has 150 valence electrons. The number of hydrogen-bond acceptors (Lipinski definition) is 6. The summed E-state index contributed by atoms with van der Waals surface area (Å²) >= 11 is 0. The molecule has 3 N–H and O–H groups in total. The van der Waals surface area contributed by atoms with Gasteiger partial charge in [0.1, 0.15) is 5.60 Å². The molecule has 0 aromatic heterocycles. The smallest absolute Gasteiger partial charge is 0.158 e. The predicted molar refractivity (Wildman–Crippen MR) is 99.7 cm³/mol. The number of hydrogen-bond donors (Lipinski definition) is 3. The van der Waals surface area contributed by atoms with Crippen LogP contribution < -0.4 is 0 Å². The van der Waals surface area contributed by atoms with E-state index in [2.05, 4.69) is 4.89 Å². The van der Waals surface area contributed by atoms with E-state index in [0.717, 1.165) is 18.4 Å². The Labute approximate surface area is 156 Å². The number of ketones is 1. The maximum absolute atomic E-state index is 12.2. The Balaban J connectivity index is 2.52. The summed E-state index contributed by atoms with van der Waals surface area (Å²) in [6, 6.07) is 0. The van der Waals surface area contributed by atoms with Crippen LogP contribution in [-0.4, -0.2) is 51.8 Å². The Morgan fingerprint density at radius 2 is 2.19 bits per heavy atom. The van der Waals surface area contributed by atoms with Crippen molar-refractivity contribution in [1.29, 1.82) is 0 Å². The van der Waals surface area contributed by atoms with E-state index in [1.54, 1.807) is 26.0 Å². The molecule has 1 rings (SSSR count). The van der Waals surface area contributed by atoms with Crippen LogP contribution in [0.5, 0.6) is 0 Å². The number of carbonyl (C=O) groups is 1. The summed E-state index contributed by atoms with van der Waals surface area (Å²) in [4.78, 5) is 16.5. The minimum Gasteiger partial charge on any atom is -0.392 e. The van der Waals surface area contributed by atoms with Gasteiger partial charge in [-0.05, 0) is 70.6 Å². The molecule has 1 heterocycles. The van der Waals surface area contributed by atoms with E-state index in [-0.39, 0.29) is 18.3 Å². The first-order valence-corrected chi connectivity index (χ1v) is 9.30. The van der Waals surface area contributed by atoms with Crippen molar-refractivity contribution in [1.82, 2.24) is 0 Å². The lowest BCUT2D eigenvalue weighted by atomic mass is 9.87. The summed E-state index contributed by atoms with van der Waals surface area (Å²) in [7, 11) is 0. The van der Waals surface area contributed by atoms with Crippen molar-refractivity contribution in [3.63, 3.8) is 0 Å². The van der Waals surface area contributed by atoms with Gasteiger partial charge < -0.3 is 14.9 Å². The van der Waals surface area contributed by atoms with E-state index < -0.39 is 17.3 Å². The van der Waals surface area contributed by atoms with Crippen LogP contribution in [0.2, 0.25) is 0 Å². The second-order valence-electron chi connectivity index (χ2n) is 7.92. The van der Waals surface area contributed by atoms with Crippen molar-refractivity contribution in [2.45, 2.75) is 77.1 Å². The van der Waals surface area contributed by atoms with Crippen LogP contribution in [0.4, 0.5) is 0 Å². The maximum Gasteiger partial charge on any atom is 0.158 e. The molecule has 0 bridgehead atoms. The number of aliphatic hydroxyl groups is 2. The van der Waals surface area contributed by atoms with Gasteiger partial charge in [-0.15, -0.1) is 0 Å². The molecule has 1 unspecified atom stereocenters. The van der Waals surface area contributed by atoms with Gasteiger partial charge in [0.15, 0.2) is 5.78 Å². The quantitative estimate of drug-likeness (QED) is 0.250. The predicted octanol–water partition coefficient (Wildman–Crippen LogP) is 3.04. The Morgan fingerprint density at radius 1 is 1.50 bits per heavy atom. The second kappa shape index (κ2) is 10.3. The summed E-state index contributed by atoms with van der Waals surface area (Å²) in [5, 5.41) is 28.2. The third kappa shape index (κ3) is 7.29. The Kier molecular flexibility index (Phi) is 9.13. The minimum absolute atomic E-state index is 0.0171. The molecule has 0 spiro atoms. The average molecular weight is 370 g/mol. The minimum atomic E-state index is -0.888. The summed E-state index contributed by atoms with van der Waals surface area (Å²) in [6.07, 6.45) is 7.60. The maximum atomic E-state index is 12.2. The lowest BCUT2D eigenvalue weighted by Crippen LogP contribution is -2.41. The monoisotopic (exact) mass is 370 g/mol. The van der Waals surface area contributed by atoms with Gasteiger partial charge in [-0.3, -0.25) is 10.1 Å². The van der Waals surface area contributed by atoms with Crippen molar-refractivity contribution in [3.8, 4) is 0 Å². The molecule has 6 nitrogen and oxygen atoms in total. The van der Waals surface area contributed by atoms with E-state index >= 15 is 0 Å². The summed E-state index contributed by atoms with van der Waals surface area (Å²) in [5.74, 6) is -0.173. The first kappa shape index (κ1) is 23.0. The van der Waals surface area contributed by atoms with Gasteiger partial charge in [0.25, 0.3) is 0 Å². The molecule has 0 aromatic rings. The lowest BCUT2D eigenvalue weighted by molar-refractivity contribution is -0.297. The van der Waals surface area contributed by atoms with Crippen molar-refractivity contribution in [3.05, 3.63) is 23.8 Å². The van der Waals surface area contributed by atoms with Gasteiger partial charge in [0.05, 0.1) is 24.9 Å². The number of ether oxygens (including phenoxy) is 1. The third-order valence-corrected chi connectivity index (χ3v) is 5.09. The highest BCUT2D eigenvalue weighted by atomic mass is 17.1. The summed E-state index contributed by atoms with van der Waals surface area (Å²) in [6.45, 7) is 7.50. The molecule has 0 aromatic carbocycles. The van der Waals surface area contributed by atoms with Gasteiger partial charge >= 0.3 is 0 Å². The van der Waals surface area contributed by atoms with Gasteiger partial charge in [0, 0.05) is 5.92 Å². The van der Waals surface area contributed by atoms with Crippen LogP contribution in [0, 0.1) is 5.92 Å². The molecule has 0 saturated carbocycles. The topological polar surface area (TPSA) is 96.2 Å². The zero-order valence-electron chi connectivity index (χ0n) is 16.4. The van der Waals surface area contributed by atoms with E-state index in [9.17, 15) is 9.90 Å². The number of allylic oxidation sites excluding steroid dienone is 1. The van der Waals surface area contributed by atoms with Crippen LogP contribution in [0.25, 0.3) is 0 Å². The van der Waals surface area contributed by atoms with Crippen LogP contribution >= 0.6 is 0 Å². The van der Waals surface area contributed by atoms with E-state index in [4.69, 9.17) is 15.1 Å². The molecule has 6 heteroatoms. The third-order valence-electron chi connectivity index (χ3n) is 5.09. The van der Waals surface area contributed by atoms with Crippen LogP contribution in [0.3, 0.4) is 0 Å². The fraction of sp³-hybridized carbons (Fsp3) is 0.750. The van der Waals surface area contributed by atoms with E-state index in [0.29, 0.717) is 25.9 Å². The zero-order chi connectivity index (χ0) is 19.8. The molecule has 0 radical (unpaired) electrons. The van der Waals surface area contributed by atoms with Crippen LogP contribution in [0.15, 0.2) is 23.8 Å². The SMILES string of the molecule is CC(CCC[C@]1(C)OC/C(=C/CO)CC[C@H]1O)C(=O)/C=C/C(C)(C)OO. The fourth-order valence-electron chi connectivity index (χ4n) is 2.96. The molecule has 0 amide bonds. The molecule has 1 saturated heterocycles. The standard InChI is InChI=1S/C20H34O6/c1-15(17(22)9-12-19(2,3)26-24)6-5-11-20(4)18(23)8-7-16(10-13-21)14-25-20/h9-10,12,15,18,21,23-24H,5-8,11,13-14H2,1-4H3/b12-9+,16-10+/t15?,18-,20+/m1/s1. The Morgan fingerprint density at radius 3 is 2.81 bits per heavy atom. The van der Waals surface area contributed by atoms with Gasteiger partial charge in [-0.1, -0.05) is 13.0 Å². The van der Waals surface area contributed by atoms with Crippen LogP contribution in [-0.2, 0) is 14.4 Å².